The van der Waals surface area contributed by atoms with Crippen molar-refractivity contribution in [3.63, 3.8) is 0 Å². The van der Waals surface area contributed by atoms with Crippen molar-refractivity contribution in [1.29, 1.82) is 0 Å². The van der Waals surface area contributed by atoms with Gasteiger partial charge in [-0.2, -0.15) is 0 Å². The van der Waals surface area contributed by atoms with Crippen LogP contribution in [0.15, 0.2) is 35.9 Å². The van der Waals surface area contributed by atoms with Gasteiger partial charge >= 0.3 is 0 Å². The number of H-pyrrole nitrogens is 1. The molecule has 1 aromatic carbocycles. The molecule has 7 heteroatoms. The second-order valence-corrected chi connectivity index (χ2v) is 4.81. The largest absolute Gasteiger partial charge is 0.341 e. The number of nitrogens with one attached hydrogen (secondary N) is 1. The van der Waals surface area contributed by atoms with Crippen molar-refractivity contribution in [2.24, 2.45) is 0 Å². The molecule has 0 aliphatic carbocycles. The molecule has 0 saturated heterocycles. The van der Waals surface area contributed by atoms with Gasteiger partial charge in [0.15, 0.2) is 5.65 Å². The van der Waals surface area contributed by atoms with E-state index in [4.69, 9.17) is 0 Å². The van der Waals surface area contributed by atoms with E-state index in [0.717, 1.165) is 11.6 Å². The first kappa shape index (κ1) is 12.0. The van der Waals surface area contributed by atoms with Gasteiger partial charge in [-0.1, -0.05) is 11.8 Å². The normalized spacial score (nSPS) is 11.1. The van der Waals surface area contributed by atoms with Crippen LogP contribution in [-0.4, -0.2) is 19.9 Å². The maximum Gasteiger partial charge on any atom is 0.181 e. The van der Waals surface area contributed by atoms with Crippen molar-refractivity contribution in [3.8, 4) is 0 Å². The molecule has 0 aliphatic heterocycles. The summed E-state index contributed by atoms with van der Waals surface area (Å²) in [5, 5.41) is 0.701. The maximum atomic E-state index is 13.1. The third-order valence-corrected chi connectivity index (χ3v) is 3.55. The lowest BCUT2D eigenvalue weighted by Gasteiger charge is -2.02. The minimum Gasteiger partial charge on any atom is -0.341 e. The van der Waals surface area contributed by atoms with E-state index in [1.165, 1.54) is 36.5 Å². The molecule has 0 fully saturated rings. The zero-order chi connectivity index (χ0) is 13.2. The number of benzene rings is 1. The van der Waals surface area contributed by atoms with Crippen LogP contribution in [0.5, 0.6) is 0 Å². The van der Waals surface area contributed by atoms with Gasteiger partial charge in [0.05, 0.1) is 6.33 Å². The average molecular weight is 278 g/mol. The quantitative estimate of drug-likeness (QED) is 0.591. The van der Waals surface area contributed by atoms with Crippen molar-refractivity contribution in [2.75, 3.05) is 0 Å². The van der Waals surface area contributed by atoms with Crippen molar-refractivity contribution in [2.45, 2.75) is 10.8 Å². The van der Waals surface area contributed by atoms with E-state index in [0.29, 0.717) is 22.0 Å². The topological polar surface area (TPSA) is 54.5 Å². The van der Waals surface area contributed by atoms with E-state index >= 15 is 0 Å². The molecular weight excluding hydrogens is 270 g/mol. The minimum absolute atomic E-state index is 0.416. The predicted octanol–water partition coefficient (Wildman–Crippen LogP) is 2.92. The first-order valence-electron chi connectivity index (χ1n) is 5.44. The van der Waals surface area contributed by atoms with Crippen LogP contribution in [0.4, 0.5) is 8.78 Å². The van der Waals surface area contributed by atoms with Gasteiger partial charge in [-0.15, -0.1) is 0 Å². The number of imidazole rings is 1. The van der Waals surface area contributed by atoms with Gasteiger partial charge in [-0.25, -0.2) is 23.7 Å². The molecule has 0 aliphatic rings. The highest BCUT2D eigenvalue weighted by Crippen LogP contribution is 2.25. The van der Waals surface area contributed by atoms with Crippen LogP contribution in [0, 0.1) is 11.6 Å². The van der Waals surface area contributed by atoms with Gasteiger partial charge in [-0.3, -0.25) is 0 Å². The third-order valence-electron chi connectivity index (χ3n) is 2.49. The van der Waals surface area contributed by atoms with E-state index in [1.807, 2.05) is 0 Å². The molecule has 0 radical (unpaired) electrons. The van der Waals surface area contributed by atoms with E-state index in [9.17, 15) is 8.78 Å². The SMILES string of the molecule is Fc1cc(F)cc(CSc2ncnc3nc[nH]c23)c1. The van der Waals surface area contributed by atoms with Crippen molar-refractivity contribution in [1.82, 2.24) is 19.9 Å². The van der Waals surface area contributed by atoms with Crippen LogP contribution in [-0.2, 0) is 5.75 Å². The summed E-state index contributed by atoms with van der Waals surface area (Å²) in [4.78, 5) is 15.1. The molecule has 2 heterocycles. The number of rotatable bonds is 3. The summed E-state index contributed by atoms with van der Waals surface area (Å²) in [5.74, 6) is -0.741. The summed E-state index contributed by atoms with van der Waals surface area (Å²) in [7, 11) is 0. The molecule has 0 spiro atoms. The fraction of sp³-hybridized carbons (Fsp3) is 0.0833. The number of hydrogen-bond donors (Lipinski definition) is 1. The second-order valence-electron chi connectivity index (χ2n) is 3.85. The lowest BCUT2D eigenvalue weighted by molar-refractivity contribution is 0.581. The smallest absolute Gasteiger partial charge is 0.181 e. The predicted molar refractivity (Wildman–Crippen MR) is 67.6 cm³/mol. The summed E-state index contributed by atoms with van der Waals surface area (Å²) in [6, 6.07) is 3.47. The van der Waals surface area contributed by atoms with E-state index < -0.39 is 11.6 Å². The first-order valence-corrected chi connectivity index (χ1v) is 6.43. The molecule has 19 heavy (non-hydrogen) atoms. The summed E-state index contributed by atoms with van der Waals surface area (Å²) >= 11 is 1.37. The fourth-order valence-corrected chi connectivity index (χ4v) is 2.58. The standard InChI is InChI=1S/C12H8F2N4S/c13-8-1-7(2-9(14)3-8)4-19-12-10-11(16-5-15-10)17-6-18-12/h1-3,5-6H,4H2,(H,15,16,17,18). The summed E-state index contributed by atoms with van der Waals surface area (Å²) in [6.45, 7) is 0. The highest BCUT2D eigenvalue weighted by Gasteiger charge is 2.07. The molecule has 96 valence electrons. The Labute approximate surface area is 111 Å². The zero-order valence-electron chi connectivity index (χ0n) is 9.60. The highest BCUT2D eigenvalue weighted by atomic mass is 32.2. The molecule has 0 atom stereocenters. The van der Waals surface area contributed by atoms with Gasteiger partial charge < -0.3 is 4.98 Å². The van der Waals surface area contributed by atoms with Crippen LogP contribution >= 0.6 is 11.8 Å². The average Bonchev–Trinajstić information content (AvgIpc) is 2.83. The van der Waals surface area contributed by atoms with Crippen LogP contribution in [0.3, 0.4) is 0 Å². The van der Waals surface area contributed by atoms with Crippen molar-refractivity contribution in [3.05, 3.63) is 48.1 Å². The number of aromatic amines is 1. The van der Waals surface area contributed by atoms with Crippen molar-refractivity contribution >= 4 is 22.9 Å². The number of nitrogens with zero attached hydrogens (tertiary/aromatic N) is 3. The number of hydrogen-bond acceptors (Lipinski definition) is 4. The zero-order valence-corrected chi connectivity index (χ0v) is 10.4. The maximum absolute atomic E-state index is 13.1. The van der Waals surface area contributed by atoms with Crippen molar-refractivity contribution < 1.29 is 8.78 Å². The Morgan fingerprint density at radius 3 is 2.63 bits per heavy atom. The highest BCUT2D eigenvalue weighted by molar-refractivity contribution is 7.98. The molecule has 4 nitrogen and oxygen atoms in total. The van der Waals surface area contributed by atoms with Crippen LogP contribution < -0.4 is 0 Å². The molecule has 0 amide bonds. The van der Waals surface area contributed by atoms with E-state index in [1.54, 1.807) is 0 Å². The Morgan fingerprint density at radius 1 is 1.05 bits per heavy atom. The fourth-order valence-electron chi connectivity index (χ4n) is 1.70. The molecule has 0 bridgehead atoms. The number of fused-ring (bicyclic) bond motifs is 1. The Hall–Kier alpha value is -2.02. The summed E-state index contributed by atoms with van der Waals surface area (Å²) in [6.07, 6.45) is 2.95. The van der Waals surface area contributed by atoms with E-state index in [2.05, 4.69) is 19.9 Å². The lowest BCUT2D eigenvalue weighted by atomic mass is 10.2. The van der Waals surface area contributed by atoms with Gasteiger partial charge in [0.25, 0.3) is 0 Å². The number of thioether (sulfide) groups is 1. The van der Waals surface area contributed by atoms with E-state index in [-0.39, 0.29) is 0 Å². The first-order chi connectivity index (χ1) is 9.22. The van der Waals surface area contributed by atoms with Gasteiger partial charge in [-0.05, 0) is 17.7 Å². The molecular formula is C12H8F2N4S. The Balaban J connectivity index is 1.84. The van der Waals surface area contributed by atoms with Crippen LogP contribution in [0.2, 0.25) is 0 Å². The van der Waals surface area contributed by atoms with Gasteiger partial charge in [0.1, 0.15) is 28.5 Å². The molecule has 0 unspecified atom stereocenters. The third kappa shape index (κ3) is 2.55. The second kappa shape index (κ2) is 4.93. The van der Waals surface area contributed by atoms with Crippen LogP contribution in [0.1, 0.15) is 5.56 Å². The lowest BCUT2D eigenvalue weighted by Crippen LogP contribution is -1.89. The molecule has 0 saturated carbocycles. The summed E-state index contributed by atoms with van der Waals surface area (Å²) < 4.78 is 26.1. The Morgan fingerprint density at radius 2 is 1.84 bits per heavy atom. The van der Waals surface area contributed by atoms with Gasteiger partial charge in [0.2, 0.25) is 0 Å². The number of aromatic nitrogens is 4. The molecule has 1 N–H and O–H groups in total. The number of halogens is 2. The Kier molecular flexibility index (Phi) is 3.12. The summed E-state index contributed by atoms with van der Waals surface area (Å²) in [5.41, 5.74) is 1.86. The Bertz CT molecular complexity index is 708. The monoisotopic (exact) mass is 278 g/mol. The molecule has 3 rings (SSSR count). The minimum atomic E-state index is -0.579. The van der Waals surface area contributed by atoms with Gasteiger partial charge in [0, 0.05) is 11.8 Å². The molecule has 2 aromatic heterocycles. The van der Waals surface area contributed by atoms with Crippen LogP contribution in [0.25, 0.3) is 11.2 Å². The molecule has 3 aromatic rings.